The van der Waals surface area contributed by atoms with Crippen molar-refractivity contribution >= 4 is 29.9 Å². The number of likely N-dealkylation sites (tertiary alicyclic amines) is 2. The van der Waals surface area contributed by atoms with Crippen LogP contribution in [0.25, 0.3) is 0 Å². The molecule has 13 heteroatoms. The number of carboxylic acid groups (broad SMARTS) is 1. The van der Waals surface area contributed by atoms with Gasteiger partial charge < -0.3 is 30.4 Å². The Hall–Kier alpha value is -3.87. The molecule has 2 unspecified atom stereocenters. The highest BCUT2D eigenvalue weighted by molar-refractivity contribution is 6.07. The molecule has 5 amide bonds. The van der Waals surface area contributed by atoms with Gasteiger partial charge in [-0.25, -0.2) is 19.3 Å². The highest BCUT2D eigenvalue weighted by Gasteiger charge is 2.56. The average molecular weight is 583 g/mol. The number of piperazine rings is 2. The van der Waals surface area contributed by atoms with Gasteiger partial charge in [0.2, 0.25) is 5.91 Å². The van der Waals surface area contributed by atoms with Crippen molar-refractivity contribution < 1.29 is 24.3 Å². The van der Waals surface area contributed by atoms with Crippen LogP contribution in [0.4, 0.5) is 9.59 Å². The first kappa shape index (κ1) is 29.6. The SMILES string of the molecule is N=C(N)N1CCCC(C[C@H]2C(=O)N(C(=O)N3CCN(C(=O)N4CCN(CCc5ccccc5)CC4)CC3)C2C(=O)O)C1. The predicted octanol–water partition coefficient (Wildman–Crippen LogP) is 0.611. The molecule has 228 valence electrons. The van der Waals surface area contributed by atoms with Crippen LogP contribution in [0.5, 0.6) is 0 Å². The number of β-lactam (4-membered cyclic amide) rings is 1. The molecule has 4 heterocycles. The fourth-order valence-electron chi connectivity index (χ4n) is 6.65. The summed E-state index contributed by atoms with van der Waals surface area (Å²) in [5.41, 5.74) is 6.92. The van der Waals surface area contributed by atoms with Crippen LogP contribution in [0.3, 0.4) is 0 Å². The van der Waals surface area contributed by atoms with Gasteiger partial charge in [-0.2, -0.15) is 0 Å². The molecule has 0 radical (unpaired) electrons. The fourth-order valence-corrected chi connectivity index (χ4v) is 6.65. The van der Waals surface area contributed by atoms with Crippen LogP contribution in [-0.4, -0.2) is 142 Å². The standard InChI is InChI=1S/C29H42N8O5/c30-27(31)36-9-4-7-22(20-36)19-23-24(26(39)40)37(25(23)38)29(42)35-17-15-34(16-18-35)28(41)33-13-11-32(12-14-33)10-8-21-5-2-1-3-6-21/h1-3,5-6,22-24H,4,7-20H2,(H3,30,31)(H,39,40)/t22?,23-,24?/m1/s1. The molecule has 4 fully saturated rings. The van der Waals surface area contributed by atoms with Crippen molar-refractivity contribution in [3.63, 3.8) is 0 Å². The van der Waals surface area contributed by atoms with E-state index in [1.54, 1.807) is 9.80 Å². The number of piperidine rings is 1. The van der Waals surface area contributed by atoms with Gasteiger partial charge in [-0.1, -0.05) is 30.3 Å². The van der Waals surface area contributed by atoms with Crippen molar-refractivity contribution in [2.45, 2.75) is 31.7 Å². The molecule has 4 N–H and O–H groups in total. The van der Waals surface area contributed by atoms with Gasteiger partial charge >= 0.3 is 18.0 Å². The number of nitrogens with one attached hydrogen (secondary N) is 1. The number of carboxylic acids is 1. The molecule has 1 aromatic carbocycles. The summed E-state index contributed by atoms with van der Waals surface area (Å²) in [6, 6.07) is 8.52. The second-order valence-electron chi connectivity index (χ2n) is 11.8. The van der Waals surface area contributed by atoms with Crippen LogP contribution in [0.15, 0.2) is 30.3 Å². The van der Waals surface area contributed by atoms with E-state index in [0.717, 1.165) is 43.8 Å². The van der Waals surface area contributed by atoms with Gasteiger partial charge in [0, 0.05) is 72.0 Å². The van der Waals surface area contributed by atoms with Gasteiger partial charge in [-0.05, 0) is 37.2 Å². The van der Waals surface area contributed by atoms with Crippen LogP contribution in [-0.2, 0) is 16.0 Å². The molecule has 1 aromatic rings. The minimum Gasteiger partial charge on any atom is -0.480 e. The third kappa shape index (κ3) is 6.45. The molecule has 4 aliphatic rings. The van der Waals surface area contributed by atoms with Crippen LogP contribution < -0.4 is 5.73 Å². The number of urea groups is 2. The summed E-state index contributed by atoms with van der Waals surface area (Å²) in [5.74, 6) is -2.40. The zero-order chi connectivity index (χ0) is 29.8. The van der Waals surface area contributed by atoms with E-state index in [9.17, 15) is 24.3 Å². The van der Waals surface area contributed by atoms with E-state index >= 15 is 0 Å². The smallest absolute Gasteiger partial charge is 0.327 e. The Balaban J connectivity index is 1.07. The van der Waals surface area contributed by atoms with Crippen molar-refractivity contribution in [3.05, 3.63) is 35.9 Å². The third-order valence-corrected chi connectivity index (χ3v) is 9.14. The van der Waals surface area contributed by atoms with Gasteiger partial charge in [-0.3, -0.25) is 15.1 Å². The molecule has 5 rings (SSSR count). The lowest BCUT2D eigenvalue weighted by Gasteiger charge is -2.48. The van der Waals surface area contributed by atoms with Gasteiger partial charge in [0.05, 0.1) is 5.92 Å². The lowest BCUT2D eigenvalue weighted by molar-refractivity contribution is -0.167. The maximum atomic E-state index is 13.3. The lowest BCUT2D eigenvalue weighted by Crippen LogP contribution is -2.70. The van der Waals surface area contributed by atoms with Gasteiger partial charge in [0.25, 0.3) is 0 Å². The number of hydrogen-bond donors (Lipinski definition) is 3. The predicted molar refractivity (Wildman–Crippen MR) is 155 cm³/mol. The fraction of sp³-hybridized carbons (Fsp3) is 0.621. The summed E-state index contributed by atoms with van der Waals surface area (Å²) in [4.78, 5) is 61.7. The highest BCUT2D eigenvalue weighted by Crippen LogP contribution is 2.36. The van der Waals surface area contributed by atoms with Crippen LogP contribution >= 0.6 is 0 Å². The number of imide groups is 1. The molecule has 0 saturated carbocycles. The summed E-state index contributed by atoms with van der Waals surface area (Å²) in [6.07, 6.45) is 2.98. The van der Waals surface area contributed by atoms with Crippen molar-refractivity contribution in [2.24, 2.45) is 17.6 Å². The Morgan fingerprint density at radius 1 is 0.857 bits per heavy atom. The molecular formula is C29H42N8O5. The minimum absolute atomic E-state index is 0.0232. The number of carbonyl (C=O) groups excluding carboxylic acids is 3. The van der Waals surface area contributed by atoms with E-state index in [1.807, 2.05) is 23.1 Å². The number of nitrogens with two attached hydrogens (primary N) is 1. The first-order chi connectivity index (χ1) is 20.2. The number of benzene rings is 1. The third-order valence-electron chi connectivity index (χ3n) is 9.14. The maximum Gasteiger partial charge on any atom is 0.327 e. The molecule has 3 atom stereocenters. The van der Waals surface area contributed by atoms with Crippen LogP contribution in [0, 0.1) is 17.2 Å². The largest absolute Gasteiger partial charge is 0.480 e. The number of hydrogen-bond acceptors (Lipinski definition) is 6. The second kappa shape index (κ2) is 13.0. The quantitative estimate of drug-likeness (QED) is 0.250. The first-order valence-electron chi connectivity index (χ1n) is 15.0. The van der Waals surface area contributed by atoms with Gasteiger partial charge in [0.1, 0.15) is 0 Å². The number of rotatable bonds is 6. The number of aliphatic carboxylic acids is 1. The molecule has 0 bridgehead atoms. The zero-order valence-corrected chi connectivity index (χ0v) is 24.1. The number of nitrogens with zero attached hydrogens (tertiary/aromatic N) is 6. The summed E-state index contributed by atoms with van der Waals surface area (Å²) in [6.45, 7) is 6.27. The van der Waals surface area contributed by atoms with Gasteiger partial charge in [0.15, 0.2) is 12.0 Å². The summed E-state index contributed by atoms with van der Waals surface area (Å²) < 4.78 is 0. The summed E-state index contributed by atoms with van der Waals surface area (Å²) >= 11 is 0. The molecule has 0 spiro atoms. The molecular weight excluding hydrogens is 540 g/mol. The lowest BCUT2D eigenvalue weighted by atomic mass is 9.78. The number of guanidine groups is 1. The van der Waals surface area contributed by atoms with Crippen molar-refractivity contribution in [3.8, 4) is 0 Å². The zero-order valence-electron chi connectivity index (χ0n) is 24.1. The highest BCUT2D eigenvalue weighted by atomic mass is 16.4. The molecule has 4 saturated heterocycles. The molecule has 0 aromatic heterocycles. The van der Waals surface area contributed by atoms with E-state index in [4.69, 9.17) is 11.1 Å². The van der Waals surface area contributed by atoms with E-state index in [-0.39, 0.29) is 31.0 Å². The monoisotopic (exact) mass is 582 g/mol. The number of carbonyl (C=O) groups is 4. The van der Waals surface area contributed by atoms with Crippen LogP contribution in [0.1, 0.15) is 24.8 Å². The molecule has 0 aliphatic carbocycles. The van der Waals surface area contributed by atoms with Crippen molar-refractivity contribution in [2.75, 3.05) is 72.0 Å². The molecule has 13 nitrogen and oxygen atoms in total. The van der Waals surface area contributed by atoms with Gasteiger partial charge in [-0.15, -0.1) is 0 Å². The summed E-state index contributed by atoms with van der Waals surface area (Å²) in [5, 5.41) is 17.6. The summed E-state index contributed by atoms with van der Waals surface area (Å²) in [7, 11) is 0. The maximum absolute atomic E-state index is 13.3. The Kier molecular flexibility index (Phi) is 9.15. The van der Waals surface area contributed by atoms with E-state index in [2.05, 4.69) is 17.0 Å². The molecule has 4 aliphatic heterocycles. The van der Waals surface area contributed by atoms with Crippen molar-refractivity contribution in [1.29, 1.82) is 5.41 Å². The Morgan fingerprint density at radius 3 is 2.05 bits per heavy atom. The Labute approximate surface area is 246 Å². The van der Waals surface area contributed by atoms with Crippen LogP contribution in [0.2, 0.25) is 0 Å². The van der Waals surface area contributed by atoms with Crippen molar-refractivity contribution in [1.82, 2.24) is 29.4 Å². The minimum atomic E-state index is -1.20. The first-order valence-corrected chi connectivity index (χ1v) is 15.0. The normalized spacial score (nSPS) is 25.3. The van der Waals surface area contributed by atoms with E-state index in [0.29, 0.717) is 45.7 Å². The Morgan fingerprint density at radius 2 is 1.45 bits per heavy atom. The second-order valence-corrected chi connectivity index (χ2v) is 11.8. The molecule has 42 heavy (non-hydrogen) atoms. The number of amides is 5. The van der Waals surface area contributed by atoms with E-state index < -0.39 is 29.9 Å². The van der Waals surface area contributed by atoms with E-state index in [1.165, 1.54) is 10.5 Å². The average Bonchev–Trinajstić information content (AvgIpc) is 3.01. The Bertz CT molecular complexity index is 1170. The topological polar surface area (TPSA) is 158 Å².